The third kappa shape index (κ3) is 3.43. The molecule has 0 aromatic heterocycles. The molecule has 0 bridgehead atoms. The van der Waals surface area contributed by atoms with Crippen LogP contribution in [-0.2, 0) is 6.42 Å². The SMILES string of the molecule is COc1ccc(CC(N)CN2CCCC2)cc1F. The largest absolute Gasteiger partial charge is 0.494 e. The Morgan fingerprint density at radius 3 is 2.72 bits per heavy atom. The van der Waals surface area contributed by atoms with Crippen molar-refractivity contribution in [3.8, 4) is 5.75 Å². The Morgan fingerprint density at radius 1 is 1.39 bits per heavy atom. The van der Waals surface area contributed by atoms with Crippen molar-refractivity contribution < 1.29 is 9.13 Å². The molecule has 1 unspecified atom stereocenters. The number of hydrogen-bond acceptors (Lipinski definition) is 3. The predicted octanol–water partition coefficient (Wildman–Crippen LogP) is 1.80. The summed E-state index contributed by atoms with van der Waals surface area (Å²) in [7, 11) is 1.47. The zero-order valence-electron chi connectivity index (χ0n) is 10.9. The number of benzene rings is 1. The number of nitrogens with two attached hydrogens (primary N) is 1. The lowest BCUT2D eigenvalue weighted by Crippen LogP contribution is -2.37. The Balaban J connectivity index is 1.89. The number of nitrogens with zero attached hydrogens (tertiary/aromatic N) is 1. The second-order valence-corrected chi connectivity index (χ2v) is 4.94. The van der Waals surface area contributed by atoms with E-state index in [2.05, 4.69) is 4.90 Å². The van der Waals surface area contributed by atoms with Crippen LogP contribution in [-0.4, -0.2) is 37.7 Å². The van der Waals surface area contributed by atoms with Gasteiger partial charge in [0.05, 0.1) is 7.11 Å². The summed E-state index contributed by atoms with van der Waals surface area (Å²) in [4.78, 5) is 2.38. The molecule has 18 heavy (non-hydrogen) atoms. The van der Waals surface area contributed by atoms with E-state index in [9.17, 15) is 4.39 Å². The standard InChI is InChI=1S/C14H21FN2O/c1-18-14-5-4-11(9-13(14)15)8-12(16)10-17-6-2-3-7-17/h4-5,9,12H,2-3,6-8,10,16H2,1H3. The number of methoxy groups -OCH3 is 1. The van der Waals surface area contributed by atoms with Crippen LogP contribution in [0.3, 0.4) is 0 Å². The molecule has 1 atom stereocenters. The fourth-order valence-electron chi connectivity index (χ4n) is 2.50. The Morgan fingerprint density at radius 2 is 2.11 bits per heavy atom. The van der Waals surface area contributed by atoms with Crippen molar-refractivity contribution in [3.63, 3.8) is 0 Å². The quantitative estimate of drug-likeness (QED) is 0.868. The van der Waals surface area contributed by atoms with Crippen LogP contribution >= 0.6 is 0 Å². The van der Waals surface area contributed by atoms with Crippen molar-refractivity contribution in [2.75, 3.05) is 26.7 Å². The predicted molar refractivity (Wildman–Crippen MR) is 70.3 cm³/mol. The van der Waals surface area contributed by atoms with Gasteiger partial charge >= 0.3 is 0 Å². The summed E-state index contributed by atoms with van der Waals surface area (Å²) in [5.41, 5.74) is 7.04. The molecule has 1 aromatic carbocycles. The summed E-state index contributed by atoms with van der Waals surface area (Å²) < 4.78 is 18.4. The van der Waals surface area contributed by atoms with E-state index >= 15 is 0 Å². The van der Waals surface area contributed by atoms with Crippen LogP contribution in [0.25, 0.3) is 0 Å². The first-order chi connectivity index (χ1) is 8.69. The number of likely N-dealkylation sites (tertiary alicyclic amines) is 1. The van der Waals surface area contributed by atoms with Gasteiger partial charge in [-0.3, -0.25) is 0 Å². The van der Waals surface area contributed by atoms with E-state index in [1.165, 1.54) is 26.0 Å². The third-order valence-electron chi connectivity index (χ3n) is 3.41. The zero-order chi connectivity index (χ0) is 13.0. The van der Waals surface area contributed by atoms with Crippen LogP contribution in [0.4, 0.5) is 4.39 Å². The van der Waals surface area contributed by atoms with E-state index in [1.807, 2.05) is 6.07 Å². The Hall–Kier alpha value is -1.13. The topological polar surface area (TPSA) is 38.5 Å². The second kappa shape index (κ2) is 6.16. The summed E-state index contributed by atoms with van der Waals surface area (Å²) in [6.45, 7) is 3.18. The maximum Gasteiger partial charge on any atom is 0.165 e. The van der Waals surface area contributed by atoms with Crippen molar-refractivity contribution in [2.24, 2.45) is 5.73 Å². The molecule has 1 aromatic rings. The average Bonchev–Trinajstić information content (AvgIpc) is 2.82. The maximum absolute atomic E-state index is 13.5. The van der Waals surface area contributed by atoms with Gasteiger partial charge in [0.15, 0.2) is 11.6 Å². The van der Waals surface area contributed by atoms with E-state index in [1.54, 1.807) is 6.07 Å². The minimum absolute atomic E-state index is 0.0656. The molecular weight excluding hydrogens is 231 g/mol. The van der Waals surface area contributed by atoms with Gasteiger partial charge < -0.3 is 15.4 Å². The van der Waals surface area contributed by atoms with E-state index in [0.717, 1.165) is 25.2 Å². The van der Waals surface area contributed by atoms with Gasteiger partial charge in [0.1, 0.15) is 0 Å². The van der Waals surface area contributed by atoms with Gasteiger partial charge in [-0.25, -0.2) is 4.39 Å². The van der Waals surface area contributed by atoms with Gasteiger partial charge in [-0.1, -0.05) is 6.07 Å². The van der Waals surface area contributed by atoms with Crippen molar-refractivity contribution >= 4 is 0 Å². The van der Waals surface area contributed by atoms with E-state index in [0.29, 0.717) is 6.42 Å². The lowest BCUT2D eigenvalue weighted by atomic mass is 10.1. The van der Waals surface area contributed by atoms with E-state index < -0.39 is 0 Å². The van der Waals surface area contributed by atoms with Crippen LogP contribution < -0.4 is 10.5 Å². The van der Waals surface area contributed by atoms with E-state index in [-0.39, 0.29) is 17.6 Å². The first-order valence-electron chi connectivity index (χ1n) is 6.49. The Kier molecular flexibility index (Phi) is 4.55. The molecule has 1 heterocycles. The second-order valence-electron chi connectivity index (χ2n) is 4.94. The first kappa shape index (κ1) is 13.3. The fraction of sp³-hybridized carbons (Fsp3) is 0.571. The van der Waals surface area contributed by atoms with Crippen LogP contribution in [0.2, 0.25) is 0 Å². The summed E-state index contributed by atoms with van der Waals surface area (Å²) in [6.07, 6.45) is 3.24. The molecule has 0 aliphatic carbocycles. The summed E-state index contributed by atoms with van der Waals surface area (Å²) in [6, 6.07) is 5.12. The molecule has 0 radical (unpaired) electrons. The smallest absolute Gasteiger partial charge is 0.165 e. The van der Waals surface area contributed by atoms with Crippen LogP contribution in [0.5, 0.6) is 5.75 Å². The molecule has 1 saturated heterocycles. The third-order valence-corrected chi connectivity index (χ3v) is 3.41. The number of rotatable bonds is 5. The average molecular weight is 252 g/mol. The molecule has 1 fully saturated rings. The van der Waals surface area contributed by atoms with Gasteiger partial charge in [-0.2, -0.15) is 0 Å². The normalized spacial score (nSPS) is 17.9. The van der Waals surface area contributed by atoms with E-state index in [4.69, 9.17) is 10.5 Å². The molecule has 1 aliphatic heterocycles. The molecule has 3 nitrogen and oxygen atoms in total. The minimum atomic E-state index is -0.316. The highest BCUT2D eigenvalue weighted by Gasteiger charge is 2.15. The van der Waals surface area contributed by atoms with Gasteiger partial charge in [0.25, 0.3) is 0 Å². The molecule has 0 saturated carbocycles. The van der Waals surface area contributed by atoms with Gasteiger partial charge in [0, 0.05) is 12.6 Å². The molecule has 1 aliphatic rings. The fourth-order valence-corrected chi connectivity index (χ4v) is 2.50. The number of ether oxygens (including phenoxy) is 1. The highest BCUT2D eigenvalue weighted by Crippen LogP contribution is 2.18. The van der Waals surface area contributed by atoms with Crippen molar-refractivity contribution in [1.82, 2.24) is 4.90 Å². The van der Waals surface area contributed by atoms with Gasteiger partial charge in [-0.15, -0.1) is 0 Å². The first-order valence-corrected chi connectivity index (χ1v) is 6.49. The van der Waals surface area contributed by atoms with Crippen LogP contribution in [0.1, 0.15) is 18.4 Å². The van der Waals surface area contributed by atoms with Crippen LogP contribution in [0.15, 0.2) is 18.2 Å². The summed E-state index contributed by atoms with van der Waals surface area (Å²) >= 11 is 0. The molecule has 0 amide bonds. The van der Waals surface area contributed by atoms with Crippen molar-refractivity contribution in [2.45, 2.75) is 25.3 Å². The maximum atomic E-state index is 13.5. The Bertz CT molecular complexity index is 391. The molecule has 2 N–H and O–H groups in total. The monoisotopic (exact) mass is 252 g/mol. The zero-order valence-corrected chi connectivity index (χ0v) is 10.9. The number of halogens is 1. The molecular formula is C14H21FN2O. The Labute approximate surface area is 108 Å². The molecule has 4 heteroatoms. The van der Waals surface area contributed by atoms with Gasteiger partial charge in [-0.05, 0) is 50.0 Å². The van der Waals surface area contributed by atoms with Crippen LogP contribution in [0, 0.1) is 5.82 Å². The van der Waals surface area contributed by atoms with Crippen molar-refractivity contribution in [1.29, 1.82) is 0 Å². The highest BCUT2D eigenvalue weighted by molar-refractivity contribution is 5.29. The minimum Gasteiger partial charge on any atom is -0.494 e. The van der Waals surface area contributed by atoms with Gasteiger partial charge in [0.2, 0.25) is 0 Å². The van der Waals surface area contributed by atoms with Crippen molar-refractivity contribution in [3.05, 3.63) is 29.6 Å². The highest BCUT2D eigenvalue weighted by atomic mass is 19.1. The number of hydrogen-bond donors (Lipinski definition) is 1. The summed E-state index contributed by atoms with van der Waals surface area (Å²) in [5.74, 6) is -0.0322. The lowest BCUT2D eigenvalue weighted by Gasteiger charge is -2.20. The molecule has 0 spiro atoms. The molecule has 2 rings (SSSR count). The lowest BCUT2D eigenvalue weighted by molar-refractivity contribution is 0.313. The molecule has 100 valence electrons. The summed E-state index contributed by atoms with van der Waals surface area (Å²) in [5, 5.41) is 0.